The molecule has 0 saturated carbocycles. The fourth-order valence-electron chi connectivity index (χ4n) is 3.50. The highest BCUT2D eigenvalue weighted by molar-refractivity contribution is 6.32. The van der Waals surface area contributed by atoms with Gasteiger partial charge in [0.05, 0.1) is 18.8 Å². The number of hydrogen-bond acceptors (Lipinski definition) is 6. The van der Waals surface area contributed by atoms with Gasteiger partial charge in [-0.15, -0.1) is 0 Å². The Hall–Kier alpha value is -2.06. The Morgan fingerprint density at radius 1 is 1.23 bits per heavy atom. The van der Waals surface area contributed by atoms with Crippen LogP contribution in [0.1, 0.15) is 50.9 Å². The number of aromatic nitrogens is 1. The molecule has 0 aliphatic carbocycles. The molecule has 1 unspecified atom stereocenters. The van der Waals surface area contributed by atoms with Gasteiger partial charge in [0.2, 0.25) is 5.88 Å². The van der Waals surface area contributed by atoms with E-state index in [-0.39, 0.29) is 24.1 Å². The van der Waals surface area contributed by atoms with Crippen LogP contribution in [0.5, 0.6) is 5.88 Å². The van der Waals surface area contributed by atoms with Crippen LogP contribution in [0.2, 0.25) is 5.02 Å². The first-order valence-corrected chi connectivity index (χ1v) is 10.7. The summed E-state index contributed by atoms with van der Waals surface area (Å²) in [6, 6.07) is 1.44. The van der Waals surface area contributed by atoms with E-state index < -0.39 is 5.60 Å². The molecule has 0 spiro atoms. The molecule has 2 fully saturated rings. The number of pyridine rings is 1. The molecule has 2 amide bonds. The summed E-state index contributed by atoms with van der Waals surface area (Å²) in [5, 5.41) is 0.312. The topological polar surface area (TPSA) is 81.2 Å². The van der Waals surface area contributed by atoms with Crippen LogP contribution in [0.3, 0.4) is 0 Å². The van der Waals surface area contributed by atoms with Crippen LogP contribution >= 0.6 is 11.6 Å². The molecule has 3 heterocycles. The summed E-state index contributed by atoms with van der Waals surface area (Å²) in [6.45, 7) is 9.96. The molecule has 30 heavy (non-hydrogen) atoms. The summed E-state index contributed by atoms with van der Waals surface area (Å²) in [5.74, 6) is 0.168. The van der Waals surface area contributed by atoms with E-state index in [4.69, 9.17) is 25.8 Å². The highest BCUT2D eigenvalue weighted by atomic mass is 35.5. The summed E-state index contributed by atoms with van der Waals surface area (Å²) in [7, 11) is 0. The second-order valence-corrected chi connectivity index (χ2v) is 9.12. The SMILES string of the molecule is CC1CN(C(=O)OC(C)(C)C)CCN1C(=O)c1cnc(OC2CCOCC2)c(Cl)c1. The van der Waals surface area contributed by atoms with Crippen LogP contribution in [0.25, 0.3) is 0 Å². The first-order valence-electron chi connectivity index (χ1n) is 10.3. The Bertz CT molecular complexity index is 776. The third kappa shape index (κ3) is 5.76. The maximum absolute atomic E-state index is 13.0. The van der Waals surface area contributed by atoms with Crippen LogP contribution in [-0.2, 0) is 9.47 Å². The van der Waals surface area contributed by atoms with E-state index >= 15 is 0 Å². The van der Waals surface area contributed by atoms with Crippen molar-refractivity contribution in [3.63, 3.8) is 0 Å². The minimum absolute atomic E-state index is 0.0197. The Labute approximate surface area is 182 Å². The number of ether oxygens (including phenoxy) is 3. The molecule has 9 heteroatoms. The van der Waals surface area contributed by atoms with Crippen molar-refractivity contribution < 1.29 is 23.8 Å². The van der Waals surface area contributed by atoms with Gasteiger partial charge in [0.25, 0.3) is 5.91 Å². The van der Waals surface area contributed by atoms with Gasteiger partial charge in [0.1, 0.15) is 16.7 Å². The van der Waals surface area contributed by atoms with E-state index in [2.05, 4.69) is 4.98 Å². The van der Waals surface area contributed by atoms with Gasteiger partial charge >= 0.3 is 6.09 Å². The zero-order valence-electron chi connectivity index (χ0n) is 18.0. The average Bonchev–Trinajstić information content (AvgIpc) is 2.68. The molecule has 0 bridgehead atoms. The largest absolute Gasteiger partial charge is 0.473 e. The maximum Gasteiger partial charge on any atom is 0.410 e. The number of amides is 2. The second kappa shape index (κ2) is 9.39. The highest BCUT2D eigenvalue weighted by Gasteiger charge is 2.33. The van der Waals surface area contributed by atoms with Crippen LogP contribution in [0, 0.1) is 0 Å². The summed E-state index contributed by atoms with van der Waals surface area (Å²) >= 11 is 6.34. The molecule has 0 radical (unpaired) electrons. The van der Waals surface area contributed by atoms with Crippen LogP contribution in [0.15, 0.2) is 12.3 Å². The smallest absolute Gasteiger partial charge is 0.410 e. The fraction of sp³-hybridized carbons (Fsp3) is 0.667. The van der Waals surface area contributed by atoms with Crippen molar-refractivity contribution in [1.29, 1.82) is 0 Å². The molecule has 2 aliphatic rings. The molecule has 1 aromatic rings. The molecule has 0 N–H and O–H groups in total. The average molecular weight is 440 g/mol. The van der Waals surface area contributed by atoms with Crippen molar-refractivity contribution in [3.8, 4) is 5.88 Å². The number of halogens is 1. The van der Waals surface area contributed by atoms with Crippen molar-refractivity contribution in [2.75, 3.05) is 32.8 Å². The lowest BCUT2D eigenvalue weighted by Crippen LogP contribution is -2.56. The molecule has 1 aromatic heterocycles. The predicted octanol–water partition coefficient (Wildman–Crippen LogP) is 3.37. The number of carbonyl (C=O) groups excluding carboxylic acids is 2. The minimum Gasteiger partial charge on any atom is -0.473 e. The van der Waals surface area contributed by atoms with Gasteiger partial charge in [-0.1, -0.05) is 11.6 Å². The predicted molar refractivity (Wildman–Crippen MR) is 112 cm³/mol. The number of carbonyl (C=O) groups is 2. The summed E-state index contributed by atoms with van der Waals surface area (Å²) in [4.78, 5) is 32.9. The molecule has 1 atom stereocenters. The second-order valence-electron chi connectivity index (χ2n) is 8.71. The minimum atomic E-state index is -0.551. The molecular weight excluding hydrogens is 410 g/mol. The van der Waals surface area contributed by atoms with Crippen molar-refractivity contribution in [1.82, 2.24) is 14.8 Å². The Balaban J connectivity index is 1.61. The zero-order chi connectivity index (χ0) is 21.9. The highest BCUT2D eigenvalue weighted by Crippen LogP contribution is 2.27. The van der Waals surface area contributed by atoms with Crippen molar-refractivity contribution in [2.24, 2.45) is 0 Å². The van der Waals surface area contributed by atoms with Crippen molar-refractivity contribution >= 4 is 23.6 Å². The van der Waals surface area contributed by atoms with E-state index in [1.807, 2.05) is 27.7 Å². The Morgan fingerprint density at radius 2 is 1.93 bits per heavy atom. The first-order chi connectivity index (χ1) is 14.1. The van der Waals surface area contributed by atoms with Gasteiger partial charge in [-0.25, -0.2) is 9.78 Å². The summed E-state index contributed by atoms with van der Waals surface area (Å²) in [6.07, 6.45) is 2.73. The van der Waals surface area contributed by atoms with Gasteiger partial charge in [0, 0.05) is 44.7 Å². The molecule has 3 rings (SSSR count). The van der Waals surface area contributed by atoms with Gasteiger partial charge in [-0.2, -0.15) is 0 Å². The maximum atomic E-state index is 13.0. The van der Waals surface area contributed by atoms with E-state index in [0.717, 1.165) is 12.8 Å². The Kier molecular flexibility index (Phi) is 7.08. The zero-order valence-corrected chi connectivity index (χ0v) is 18.8. The molecule has 2 saturated heterocycles. The molecule has 0 aromatic carbocycles. The van der Waals surface area contributed by atoms with Crippen molar-refractivity contribution in [3.05, 3.63) is 22.8 Å². The van der Waals surface area contributed by atoms with Gasteiger partial charge in [-0.05, 0) is 33.8 Å². The third-order valence-electron chi connectivity index (χ3n) is 5.04. The van der Waals surface area contributed by atoms with Gasteiger partial charge < -0.3 is 24.0 Å². The Morgan fingerprint density at radius 3 is 2.53 bits per heavy atom. The lowest BCUT2D eigenvalue weighted by molar-refractivity contribution is 0.00613. The monoisotopic (exact) mass is 439 g/mol. The quantitative estimate of drug-likeness (QED) is 0.718. The first kappa shape index (κ1) is 22.6. The molecular formula is C21H30ClN3O5. The fourth-order valence-corrected chi connectivity index (χ4v) is 3.71. The van der Waals surface area contributed by atoms with Crippen LogP contribution in [0.4, 0.5) is 4.79 Å². The van der Waals surface area contributed by atoms with Gasteiger partial charge in [-0.3, -0.25) is 4.79 Å². The molecule has 2 aliphatic heterocycles. The molecule has 166 valence electrons. The number of nitrogens with zero attached hydrogens (tertiary/aromatic N) is 3. The van der Waals surface area contributed by atoms with E-state index in [1.54, 1.807) is 15.9 Å². The van der Waals surface area contributed by atoms with Crippen LogP contribution in [-0.4, -0.2) is 77.4 Å². The number of rotatable bonds is 3. The summed E-state index contributed by atoms with van der Waals surface area (Å²) < 4.78 is 16.6. The lowest BCUT2D eigenvalue weighted by Gasteiger charge is -2.40. The van der Waals surface area contributed by atoms with E-state index in [0.29, 0.717) is 49.3 Å². The van der Waals surface area contributed by atoms with Crippen molar-refractivity contribution in [2.45, 2.75) is 58.3 Å². The summed E-state index contributed by atoms with van der Waals surface area (Å²) in [5.41, 5.74) is -0.152. The third-order valence-corrected chi connectivity index (χ3v) is 5.31. The van der Waals surface area contributed by atoms with Gasteiger partial charge in [0.15, 0.2) is 0 Å². The normalized spacial score (nSPS) is 20.8. The van der Waals surface area contributed by atoms with Crippen LogP contribution < -0.4 is 4.74 Å². The standard InChI is InChI=1S/C21H30ClN3O5/c1-14-13-24(20(27)30-21(2,3)4)7-8-25(14)19(26)15-11-17(22)18(23-12-15)29-16-5-9-28-10-6-16/h11-12,14,16H,5-10,13H2,1-4H3. The molecule has 8 nitrogen and oxygen atoms in total. The van der Waals surface area contributed by atoms with E-state index in [9.17, 15) is 9.59 Å². The number of hydrogen-bond donors (Lipinski definition) is 0. The van der Waals surface area contributed by atoms with E-state index in [1.165, 1.54) is 6.20 Å². The number of piperazine rings is 1. The lowest BCUT2D eigenvalue weighted by atomic mass is 10.1.